The van der Waals surface area contributed by atoms with Crippen molar-refractivity contribution in [2.75, 3.05) is 4.90 Å². The standard InChI is InChI=1S/C27H20Cl2N4O3S/c1-15(2)33(26(34)19-9-8-18(28)12-20(19)29)22-14-23(37-25(22)27(35)36)17-6-4-16(5-7-17)21-13-24-30-10-3-11-32(24)31-21/h3-15H,1-2H3,(H,35,36). The molecule has 37 heavy (non-hydrogen) atoms. The van der Waals surface area contributed by atoms with Crippen molar-refractivity contribution < 1.29 is 14.7 Å². The second-order valence-electron chi connectivity index (χ2n) is 8.55. The third kappa shape index (κ3) is 4.83. The lowest BCUT2D eigenvalue weighted by atomic mass is 10.1. The van der Waals surface area contributed by atoms with E-state index in [0.29, 0.717) is 10.7 Å². The summed E-state index contributed by atoms with van der Waals surface area (Å²) in [6.45, 7) is 3.65. The smallest absolute Gasteiger partial charge is 0.348 e. The molecule has 3 aromatic heterocycles. The molecule has 2 aromatic carbocycles. The SMILES string of the molecule is CC(C)N(C(=O)c1ccc(Cl)cc1Cl)c1cc(-c2ccc(-c3cc4ncccn4n3)cc2)sc1C(=O)O. The Morgan fingerprint density at radius 1 is 1.03 bits per heavy atom. The summed E-state index contributed by atoms with van der Waals surface area (Å²) in [5, 5.41) is 15.1. The van der Waals surface area contributed by atoms with Gasteiger partial charge in [-0.15, -0.1) is 11.3 Å². The highest BCUT2D eigenvalue weighted by Crippen LogP contribution is 2.39. The molecule has 1 N–H and O–H groups in total. The van der Waals surface area contributed by atoms with Gasteiger partial charge in [0.2, 0.25) is 0 Å². The van der Waals surface area contributed by atoms with Crippen LogP contribution < -0.4 is 4.90 Å². The molecule has 0 aliphatic heterocycles. The zero-order valence-corrected chi connectivity index (χ0v) is 22.1. The maximum absolute atomic E-state index is 13.5. The lowest BCUT2D eigenvalue weighted by Crippen LogP contribution is -2.37. The second kappa shape index (κ2) is 9.97. The number of thiophene rings is 1. The molecule has 0 fully saturated rings. The van der Waals surface area contributed by atoms with Crippen LogP contribution in [0, 0.1) is 0 Å². The largest absolute Gasteiger partial charge is 0.477 e. The zero-order valence-electron chi connectivity index (χ0n) is 19.7. The fourth-order valence-electron chi connectivity index (χ4n) is 4.05. The first-order valence-corrected chi connectivity index (χ1v) is 12.9. The minimum Gasteiger partial charge on any atom is -0.477 e. The summed E-state index contributed by atoms with van der Waals surface area (Å²) in [6.07, 6.45) is 3.55. The van der Waals surface area contributed by atoms with Gasteiger partial charge in [0, 0.05) is 40.0 Å². The van der Waals surface area contributed by atoms with Crippen LogP contribution in [0.1, 0.15) is 33.9 Å². The summed E-state index contributed by atoms with van der Waals surface area (Å²) in [7, 11) is 0. The molecule has 0 spiro atoms. The van der Waals surface area contributed by atoms with Gasteiger partial charge in [0.1, 0.15) is 4.88 Å². The topological polar surface area (TPSA) is 87.8 Å². The lowest BCUT2D eigenvalue weighted by molar-refractivity contribution is 0.0703. The Morgan fingerprint density at radius 3 is 2.41 bits per heavy atom. The van der Waals surface area contributed by atoms with Gasteiger partial charge in [0.05, 0.1) is 22.0 Å². The number of halogens is 2. The van der Waals surface area contributed by atoms with E-state index < -0.39 is 11.9 Å². The van der Waals surface area contributed by atoms with Crippen LogP contribution in [0.2, 0.25) is 10.0 Å². The average molecular weight is 551 g/mol. The number of amides is 1. The molecular formula is C27H20Cl2N4O3S. The Hall–Kier alpha value is -3.72. The van der Waals surface area contributed by atoms with E-state index in [2.05, 4.69) is 10.1 Å². The van der Waals surface area contributed by atoms with E-state index >= 15 is 0 Å². The minimum atomic E-state index is -1.11. The summed E-state index contributed by atoms with van der Waals surface area (Å²) in [5.74, 6) is -1.51. The molecule has 7 nitrogen and oxygen atoms in total. The molecule has 10 heteroatoms. The van der Waals surface area contributed by atoms with Gasteiger partial charge in [-0.25, -0.2) is 14.3 Å². The van der Waals surface area contributed by atoms with E-state index in [9.17, 15) is 14.7 Å². The lowest BCUT2D eigenvalue weighted by Gasteiger charge is -2.27. The fraction of sp³-hybridized carbons (Fsp3) is 0.111. The van der Waals surface area contributed by atoms with Gasteiger partial charge in [0.25, 0.3) is 5.91 Å². The van der Waals surface area contributed by atoms with Crippen LogP contribution in [0.15, 0.2) is 73.1 Å². The molecule has 0 unspecified atom stereocenters. The summed E-state index contributed by atoms with van der Waals surface area (Å²) >= 11 is 13.4. The number of carbonyl (C=O) groups is 2. The van der Waals surface area contributed by atoms with Crippen LogP contribution in [0.3, 0.4) is 0 Å². The number of carbonyl (C=O) groups excluding carboxylic acids is 1. The highest BCUT2D eigenvalue weighted by molar-refractivity contribution is 7.18. The Balaban J connectivity index is 1.52. The summed E-state index contributed by atoms with van der Waals surface area (Å²) in [5.41, 5.74) is 3.81. The average Bonchev–Trinajstić information content (AvgIpc) is 3.49. The fourth-order valence-corrected chi connectivity index (χ4v) is 5.53. The molecular weight excluding hydrogens is 531 g/mol. The number of hydrogen-bond acceptors (Lipinski definition) is 5. The van der Waals surface area contributed by atoms with Crippen LogP contribution in [0.25, 0.3) is 27.3 Å². The molecule has 186 valence electrons. The predicted octanol–water partition coefficient (Wildman–Crippen LogP) is 7.19. The van der Waals surface area contributed by atoms with E-state index in [-0.39, 0.29) is 21.5 Å². The van der Waals surface area contributed by atoms with Crippen molar-refractivity contribution in [2.24, 2.45) is 0 Å². The van der Waals surface area contributed by atoms with Gasteiger partial charge < -0.3 is 10.0 Å². The number of fused-ring (bicyclic) bond motifs is 1. The summed E-state index contributed by atoms with van der Waals surface area (Å²) in [6, 6.07) is 17.4. The molecule has 0 saturated heterocycles. The molecule has 0 bridgehead atoms. The normalized spacial score (nSPS) is 11.3. The van der Waals surface area contributed by atoms with Gasteiger partial charge in [-0.05, 0) is 49.7 Å². The summed E-state index contributed by atoms with van der Waals surface area (Å²) in [4.78, 5) is 32.3. The first-order chi connectivity index (χ1) is 17.7. The Bertz CT molecular complexity index is 1610. The van der Waals surface area contributed by atoms with Crippen molar-refractivity contribution in [3.63, 3.8) is 0 Å². The van der Waals surface area contributed by atoms with Gasteiger partial charge in [-0.1, -0.05) is 47.5 Å². The number of aromatic nitrogens is 3. The molecule has 0 aliphatic rings. The number of carboxylic acid groups (broad SMARTS) is 1. The molecule has 0 atom stereocenters. The first-order valence-electron chi connectivity index (χ1n) is 11.3. The second-order valence-corrected chi connectivity index (χ2v) is 10.4. The van der Waals surface area contributed by atoms with Crippen molar-refractivity contribution in [3.05, 3.63) is 93.5 Å². The molecule has 0 radical (unpaired) electrons. The number of nitrogens with zero attached hydrogens (tertiary/aromatic N) is 4. The molecule has 0 aliphatic carbocycles. The number of hydrogen-bond donors (Lipinski definition) is 1. The van der Waals surface area contributed by atoms with Crippen LogP contribution in [-0.2, 0) is 0 Å². The third-order valence-electron chi connectivity index (χ3n) is 5.76. The van der Waals surface area contributed by atoms with E-state index in [1.54, 1.807) is 28.9 Å². The molecule has 5 aromatic rings. The van der Waals surface area contributed by atoms with Crippen LogP contribution >= 0.6 is 34.5 Å². The first kappa shape index (κ1) is 25.0. The van der Waals surface area contributed by atoms with Gasteiger partial charge in [-0.3, -0.25) is 4.79 Å². The number of aromatic carboxylic acids is 1. The monoisotopic (exact) mass is 550 g/mol. The van der Waals surface area contributed by atoms with Gasteiger partial charge in [0.15, 0.2) is 5.65 Å². The maximum Gasteiger partial charge on any atom is 0.348 e. The summed E-state index contributed by atoms with van der Waals surface area (Å²) < 4.78 is 1.71. The van der Waals surface area contributed by atoms with Gasteiger partial charge >= 0.3 is 5.97 Å². The van der Waals surface area contributed by atoms with Crippen molar-refractivity contribution in [1.82, 2.24) is 14.6 Å². The van der Waals surface area contributed by atoms with Crippen LogP contribution in [0.4, 0.5) is 5.69 Å². The van der Waals surface area contributed by atoms with E-state index in [1.165, 1.54) is 11.0 Å². The quantitative estimate of drug-likeness (QED) is 0.242. The highest BCUT2D eigenvalue weighted by Gasteiger charge is 2.29. The van der Waals surface area contributed by atoms with Crippen molar-refractivity contribution in [2.45, 2.75) is 19.9 Å². The van der Waals surface area contributed by atoms with Crippen molar-refractivity contribution in [3.8, 4) is 21.7 Å². The van der Waals surface area contributed by atoms with E-state index in [0.717, 1.165) is 38.7 Å². The minimum absolute atomic E-state index is 0.0673. The Morgan fingerprint density at radius 2 is 1.76 bits per heavy atom. The van der Waals surface area contributed by atoms with Crippen LogP contribution in [0.5, 0.6) is 0 Å². The van der Waals surface area contributed by atoms with E-state index in [1.807, 2.05) is 56.4 Å². The highest BCUT2D eigenvalue weighted by atomic mass is 35.5. The third-order valence-corrected chi connectivity index (χ3v) is 7.47. The van der Waals surface area contributed by atoms with Crippen molar-refractivity contribution in [1.29, 1.82) is 0 Å². The Kier molecular flexibility index (Phi) is 6.72. The maximum atomic E-state index is 13.5. The molecule has 1 amide bonds. The van der Waals surface area contributed by atoms with Crippen molar-refractivity contribution >= 4 is 57.7 Å². The number of anilines is 1. The number of carboxylic acids is 1. The molecule has 5 rings (SSSR count). The van der Waals surface area contributed by atoms with Crippen LogP contribution in [-0.4, -0.2) is 37.6 Å². The van der Waals surface area contributed by atoms with Gasteiger partial charge in [-0.2, -0.15) is 5.10 Å². The molecule has 3 heterocycles. The van der Waals surface area contributed by atoms with E-state index in [4.69, 9.17) is 23.2 Å². The predicted molar refractivity (Wildman–Crippen MR) is 147 cm³/mol. The number of benzene rings is 2. The Labute approximate surface area is 226 Å². The number of rotatable bonds is 6. The molecule has 0 saturated carbocycles. The zero-order chi connectivity index (χ0) is 26.3.